The van der Waals surface area contributed by atoms with Crippen LogP contribution in [0.25, 0.3) is 11.3 Å². The van der Waals surface area contributed by atoms with Crippen molar-refractivity contribution in [3.8, 4) is 17.0 Å². The van der Waals surface area contributed by atoms with Crippen LogP contribution in [0.4, 0.5) is 42.4 Å². The molecule has 12 heteroatoms. The highest BCUT2D eigenvalue weighted by Gasteiger charge is 2.58. The Morgan fingerprint density at radius 1 is 1.03 bits per heavy atom. The minimum absolute atomic E-state index is 0.0465. The molecule has 1 aromatic heterocycles. The summed E-state index contributed by atoms with van der Waals surface area (Å²) in [5.41, 5.74) is -2.25. The number of rotatable bonds is 6. The predicted molar refractivity (Wildman–Crippen MR) is 99.5 cm³/mol. The first-order chi connectivity index (χ1) is 15.0. The molecule has 3 rings (SSSR count). The van der Waals surface area contributed by atoms with Crippen LogP contribution in [0.3, 0.4) is 0 Å². The number of nitrogens with one attached hydrogen (secondary N) is 1. The maximum absolute atomic E-state index is 14.3. The van der Waals surface area contributed by atoms with Crippen molar-refractivity contribution in [1.82, 2.24) is 9.97 Å². The van der Waals surface area contributed by atoms with E-state index in [9.17, 15) is 35.8 Å². The van der Waals surface area contributed by atoms with Crippen molar-refractivity contribution in [1.29, 1.82) is 0 Å². The second-order valence-corrected chi connectivity index (χ2v) is 6.51. The van der Waals surface area contributed by atoms with Gasteiger partial charge in [-0.3, -0.25) is 0 Å². The molecule has 170 valence electrons. The fourth-order valence-corrected chi connectivity index (χ4v) is 2.81. The Kier molecular flexibility index (Phi) is 6.26. The van der Waals surface area contributed by atoms with Crippen molar-refractivity contribution in [3.05, 3.63) is 65.4 Å². The van der Waals surface area contributed by atoms with Gasteiger partial charge in [-0.1, -0.05) is 0 Å². The smallest absolute Gasteiger partial charge is 0.458 e. The Labute approximate surface area is 176 Å². The molecule has 0 bridgehead atoms. The number of halogens is 7. The molecule has 0 radical (unpaired) electrons. The van der Waals surface area contributed by atoms with Crippen molar-refractivity contribution < 1.29 is 40.6 Å². The summed E-state index contributed by atoms with van der Waals surface area (Å²) in [4.78, 5) is 7.54. The Hall–Kier alpha value is -3.41. The van der Waals surface area contributed by atoms with Crippen molar-refractivity contribution >= 4 is 11.6 Å². The molecule has 2 N–H and O–H groups in total. The number of hydrogen-bond donors (Lipinski definition) is 2. The molecule has 0 amide bonds. The number of ether oxygens (including phenoxy) is 1. The lowest BCUT2D eigenvalue weighted by Crippen LogP contribution is -2.33. The van der Waals surface area contributed by atoms with Gasteiger partial charge in [-0.15, -0.1) is 0 Å². The van der Waals surface area contributed by atoms with E-state index in [1.54, 1.807) is 0 Å². The molecule has 0 unspecified atom stereocenters. The summed E-state index contributed by atoms with van der Waals surface area (Å²) in [5, 5.41) is 11.7. The molecular formula is C20H14F7N3O2. The van der Waals surface area contributed by atoms with E-state index in [0.29, 0.717) is 12.1 Å². The van der Waals surface area contributed by atoms with Gasteiger partial charge in [0.25, 0.3) is 0 Å². The van der Waals surface area contributed by atoms with E-state index >= 15 is 0 Å². The van der Waals surface area contributed by atoms with Gasteiger partial charge >= 0.3 is 12.1 Å². The maximum Gasteiger partial charge on any atom is 0.458 e. The van der Waals surface area contributed by atoms with Crippen molar-refractivity contribution in [3.63, 3.8) is 0 Å². The molecule has 0 aliphatic rings. The Morgan fingerprint density at radius 2 is 1.75 bits per heavy atom. The van der Waals surface area contributed by atoms with Crippen molar-refractivity contribution in [2.75, 3.05) is 12.4 Å². The minimum Gasteiger partial charge on any atom is -0.496 e. The average molecular weight is 461 g/mol. The van der Waals surface area contributed by atoms with Gasteiger partial charge in [-0.05, 0) is 35.9 Å². The minimum atomic E-state index is -5.86. The normalized spacial score (nSPS) is 12.0. The molecular weight excluding hydrogens is 447 g/mol. The van der Waals surface area contributed by atoms with E-state index in [4.69, 9.17) is 4.74 Å². The molecule has 0 aliphatic heterocycles. The van der Waals surface area contributed by atoms with Gasteiger partial charge in [0.1, 0.15) is 17.3 Å². The molecule has 2 aromatic carbocycles. The van der Waals surface area contributed by atoms with Gasteiger partial charge in [0.15, 0.2) is 5.82 Å². The van der Waals surface area contributed by atoms with E-state index in [-0.39, 0.29) is 34.2 Å². The summed E-state index contributed by atoms with van der Waals surface area (Å²) < 4.78 is 98.6. The Morgan fingerprint density at radius 3 is 2.38 bits per heavy atom. The van der Waals surface area contributed by atoms with Gasteiger partial charge < -0.3 is 15.2 Å². The number of aromatic nitrogens is 2. The van der Waals surface area contributed by atoms with E-state index in [0.717, 1.165) is 24.4 Å². The van der Waals surface area contributed by atoms with Crippen LogP contribution in [-0.4, -0.2) is 28.4 Å². The standard InChI is InChI=1S/C20H14F7N3O2/c1-32-16-7-12(21)2-3-14(16)17-15(22)8-28-18(30-17)29-13-5-10(9-31)4-11(6-13)19(23,24)20(25,26)27/h2-8,31H,9H2,1H3,(H,28,29,30). The van der Waals surface area contributed by atoms with E-state index < -0.39 is 35.9 Å². The molecule has 0 saturated heterocycles. The summed E-state index contributed by atoms with van der Waals surface area (Å²) in [6.45, 7) is -0.821. The van der Waals surface area contributed by atoms with Gasteiger partial charge in [-0.2, -0.15) is 22.0 Å². The van der Waals surface area contributed by atoms with Gasteiger partial charge in [0.05, 0.1) is 19.9 Å². The first kappa shape index (κ1) is 23.3. The fraction of sp³-hybridized carbons (Fsp3) is 0.200. The fourth-order valence-electron chi connectivity index (χ4n) is 2.81. The van der Waals surface area contributed by atoms with Gasteiger partial charge in [0, 0.05) is 22.9 Å². The quantitative estimate of drug-likeness (QED) is 0.487. The van der Waals surface area contributed by atoms with Crippen LogP contribution < -0.4 is 10.1 Å². The lowest BCUT2D eigenvalue weighted by Gasteiger charge is -2.21. The van der Waals surface area contributed by atoms with Crippen LogP contribution in [0, 0.1) is 11.6 Å². The highest BCUT2D eigenvalue weighted by Crippen LogP contribution is 2.45. The molecule has 1 heterocycles. The largest absolute Gasteiger partial charge is 0.496 e. The zero-order valence-corrected chi connectivity index (χ0v) is 16.1. The third-order valence-electron chi connectivity index (χ3n) is 4.31. The Balaban J connectivity index is 2.03. The van der Waals surface area contributed by atoms with E-state index in [1.807, 2.05) is 0 Å². The monoisotopic (exact) mass is 461 g/mol. The van der Waals surface area contributed by atoms with Crippen LogP contribution in [-0.2, 0) is 12.5 Å². The first-order valence-corrected chi connectivity index (χ1v) is 8.79. The zero-order valence-electron chi connectivity index (χ0n) is 16.1. The molecule has 0 saturated carbocycles. The van der Waals surface area contributed by atoms with E-state index in [2.05, 4.69) is 15.3 Å². The third-order valence-corrected chi connectivity index (χ3v) is 4.31. The number of aliphatic hydroxyl groups excluding tert-OH is 1. The number of aliphatic hydroxyl groups is 1. The first-order valence-electron chi connectivity index (χ1n) is 8.79. The predicted octanol–water partition coefficient (Wildman–Crippen LogP) is 5.32. The molecule has 5 nitrogen and oxygen atoms in total. The SMILES string of the molecule is COc1cc(F)ccc1-c1nc(Nc2cc(CO)cc(C(F)(F)C(F)(F)F)c2)ncc1F. The number of nitrogens with zero attached hydrogens (tertiary/aromatic N) is 2. The third kappa shape index (κ3) is 4.59. The van der Waals surface area contributed by atoms with Crippen LogP contribution in [0.5, 0.6) is 5.75 Å². The zero-order chi connectivity index (χ0) is 23.7. The number of benzene rings is 2. The van der Waals surface area contributed by atoms with E-state index in [1.165, 1.54) is 13.2 Å². The highest BCUT2D eigenvalue weighted by atomic mass is 19.4. The molecule has 0 spiro atoms. The number of anilines is 2. The maximum atomic E-state index is 14.3. The van der Waals surface area contributed by atoms with Crippen LogP contribution in [0.15, 0.2) is 42.6 Å². The number of alkyl halides is 5. The molecule has 3 aromatic rings. The van der Waals surface area contributed by atoms with Gasteiger partial charge in [0.2, 0.25) is 5.95 Å². The lowest BCUT2D eigenvalue weighted by atomic mass is 10.0. The molecule has 32 heavy (non-hydrogen) atoms. The topological polar surface area (TPSA) is 67.3 Å². The summed E-state index contributed by atoms with van der Waals surface area (Å²) >= 11 is 0. The Bertz CT molecular complexity index is 1140. The number of methoxy groups -OCH3 is 1. The summed E-state index contributed by atoms with van der Waals surface area (Å²) in [7, 11) is 1.22. The average Bonchev–Trinajstić information content (AvgIpc) is 2.74. The number of hydrogen-bond acceptors (Lipinski definition) is 5. The molecule has 0 fully saturated rings. The summed E-state index contributed by atoms with van der Waals surface area (Å²) in [6.07, 6.45) is -5.13. The lowest BCUT2D eigenvalue weighted by molar-refractivity contribution is -0.289. The summed E-state index contributed by atoms with van der Waals surface area (Å²) in [6, 6.07) is 5.33. The highest BCUT2D eigenvalue weighted by molar-refractivity contribution is 5.69. The van der Waals surface area contributed by atoms with Gasteiger partial charge in [-0.25, -0.2) is 18.7 Å². The second kappa shape index (κ2) is 8.61. The van der Waals surface area contributed by atoms with Crippen LogP contribution in [0.1, 0.15) is 11.1 Å². The van der Waals surface area contributed by atoms with Crippen molar-refractivity contribution in [2.24, 2.45) is 0 Å². The summed E-state index contributed by atoms with van der Waals surface area (Å²) in [5.74, 6) is -7.18. The molecule has 0 atom stereocenters. The molecule has 0 aliphatic carbocycles. The van der Waals surface area contributed by atoms with Crippen molar-refractivity contribution in [2.45, 2.75) is 18.7 Å². The second-order valence-electron chi connectivity index (χ2n) is 6.51. The van der Waals surface area contributed by atoms with Crippen LogP contribution in [0.2, 0.25) is 0 Å². The van der Waals surface area contributed by atoms with Crippen LogP contribution >= 0.6 is 0 Å².